The minimum atomic E-state index is -3.66. The summed E-state index contributed by atoms with van der Waals surface area (Å²) in [4.78, 5) is 14.5. The molecule has 1 saturated heterocycles. The minimum absolute atomic E-state index is 0.144. The van der Waals surface area contributed by atoms with Gasteiger partial charge in [-0.05, 0) is 42.5 Å². The third-order valence-electron chi connectivity index (χ3n) is 4.92. The summed E-state index contributed by atoms with van der Waals surface area (Å²) in [5.74, 6) is 0.412. The molecule has 2 heterocycles. The summed E-state index contributed by atoms with van der Waals surface area (Å²) in [5.41, 5.74) is 0.704. The van der Waals surface area contributed by atoms with Gasteiger partial charge in [0.15, 0.2) is 5.76 Å². The summed E-state index contributed by atoms with van der Waals surface area (Å²) in [6.07, 6.45) is 0. The smallest absolute Gasteiger partial charge is 0.289 e. The molecule has 1 aromatic heterocycles. The van der Waals surface area contributed by atoms with Gasteiger partial charge in [-0.2, -0.15) is 4.31 Å². The number of rotatable bonds is 4. The summed E-state index contributed by atoms with van der Waals surface area (Å²) in [6, 6.07) is 16.7. The van der Waals surface area contributed by atoms with Gasteiger partial charge >= 0.3 is 0 Å². The van der Waals surface area contributed by atoms with Crippen molar-refractivity contribution < 1.29 is 17.6 Å². The van der Waals surface area contributed by atoms with Gasteiger partial charge in [0.2, 0.25) is 10.0 Å². The molecule has 1 aliphatic heterocycles. The zero-order chi connectivity index (χ0) is 21.3. The number of hydrogen-bond acceptors (Lipinski definition) is 4. The summed E-state index contributed by atoms with van der Waals surface area (Å²) < 4.78 is 32.7. The molecule has 1 fully saturated rings. The van der Waals surface area contributed by atoms with Crippen molar-refractivity contribution in [2.24, 2.45) is 0 Å². The Bertz CT molecular complexity index is 1180. The first-order valence-electron chi connectivity index (χ1n) is 9.26. The van der Waals surface area contributed by atoms with Crippen LogP contribution >= 0.6 is 23.2 Å². The Morgan fingerprint density at radius 1 is 0.900 bits per heavy atom. The molecule has 0 atom stereocenters. The first-order valence-corrected chi connectivity index (χ1v) is 11.5. The van der Waals surface area contributed by atoms with Crippen molar-refractivity contribution >= 4 is 39.1 Å². The molecule has 2 aromatic carbocycles. The van der Waals surface area contributed by atoms with Crippen LogP contribution in [0.3, 0.4) is 0 Å². The van der Waals surface area contributed by atoms with Crippen molar-refractivity contribution in [1.82, 2.24) is 9.21 Å². The van der Waals surface area contributed by atoms with Gasteiger partial charge < -0.3 is 9.32 Å². The van der Waals surface area contributed by atoms with Gasteiger partial charge in [-0.15, -0.1) is 0 Å². The van der Waals surface area contributed by atoms with Crippen LogP contribution in [0.4, 0.5) is 0 Å². The second-order valence-electron chi connectivity index (χ2n) is 6.80. The van der Waals surface area contributed by atoms with Crippen molar-refractivity contribution in [2.45, 2.75) is 4.90 Å². The van der Waals surface area contributed by atoms with E-state index in [1.807, 2.05) is 18.2 Å². The monoisotopic (exact) mass is 464 g/mol. The quantitative estimate of drug-likeness (QED) is 0.573. The molecule has 6 nitrogen and oxygen atoms in total. The number of sulfonamides is 1. The maximum atomic E-state index is 12.8. The second kappa shape index (κ2) is 8.43. The topological polar surface area (TPSA) is 70.8 Å². The number of nitrogens with zero attached hydrogens (tertiary/aromatic N) is 2. The molecule has 0 bridgehead atoms. The highest BCUT2D eigenvalue weighted by Gasteiger charge is 2.31. The lowest BCUT2D eigenvalue weighted by Crippen LogP contribution is -2.50. The molecule has 0 unspecified atom stereocenters. The van der Waals surface area contributed by atoms with Crippen molar-refractivity contribution in [3.63, 3.8) is 0 Å². The van der Waals surface area contributed by atoms with Crippen molar-refractivity contribution in [3.8, 4) is 11.3 Å². The van der Waals surface area contributed by atoms with Gasteiger partial charge in [-0.1, -0.05) is 41.4 Å². The normalized spacial score (nSPS) is 15.3. The first kappa shape index (κ1) is 20.9. The van der Waals surface area contributed by atoms with Crippen LogP contribution in [0.25, 0.3) is 11.3 Å². The third-order valence-corrected chi connectivity index (χ3v) is 7.38. The van der Waals surface area contributed by atoms with Gasteiger partial charge in [-0.3, -0.25) is 4.79 Å². The van der Waals surface area contributed by atoms with E-state index in [1.54, 1.807) is 35.2 Å². The van der Waals surface area contributed by atoms with E-state index < -0.39 is 10.0 Å². The highest BCUT2D eigenvalue weighted by atomic mass is 35.5. The van der Waals surface area contributed by atoms with Crippen LogP contribution in [0.1, 0.15) is 10.6 Å². The SMILES string of the molecule is O=C(c1ccc(-c2ccccc2Cl)o1)N1CCN(S(=O)(=O)c2cccc(Cl)c2)CC1. The zero-order valence-corrected chi connectivity index (χ0v) is 18.1. The summed E-state index contributed by atoms with van der Waals surface area (Å²) in [7, 11) is -3.66. The van der Waals surface area contributed by atoms with Crippen molar-refractivity contribution in [2.75, 3.05) is 26.2 Å². The van der Waals surface area contributed by atoms with Gasteiger partial charge in [0.1, 0.15) is 5.76 Å². The molecular formula is C21H18Cl2N2O4S. The van der Waals surface area contributed by atoms with Crippen LogP contribution < -0.4 is 0 Å². The lowest BCUT2D eigenvalue weighted by Gasteiger charge is -2.33. The number of amides is 1. The van der Waals surface area contributed by atoms with Gasteiger partial charge in [0.25, 0.3) is 5.91 Å². The number of halogens is 2. The van der Waals surface area contributed by atoms with E-state index in [1.165, 1.54) is 16.4 Å². The molecule has 1 amide bonds. The van der Waals surface area contributed by atoms with E-state index in [0.29, 0.717) is 21.4 Å². The summed E-state index contributed by atoms with van der Waals surface area (Å²) in [5, 5.41) is 0.891. The number of furan rings is 1. The maximum Gasteiger partial charge on any atom is 0.289 e. The first-order chi connectivity index (χ1) is 14.4. The predicted octanol–water partition coefficient (Wildman–Crippen LogP) is 4.40. The van der Waals surface area contributed by atoms with Gasteiger partial charge in [-0.25, -0.2) is 8.42 Å². The van der Waals surface area contributed by atoms with Crippen LogP contribution in [0.15, 0.2) is 70.0 Å². The predicted molar refractivity (Wildman–Crippen MR) is 115 cm³/mol. The van der Waals surface area contributed by atoms with E-state index in [2.05, 4.69) is 0 Å². The van der Waals surface area contributed by atoms with Crippen LogP contribution in [-0.4, -0.2) is 49.7 Å². The third kappa shape index (κ3) is 4.11. The average Bonchev–Trinajstić information content (AvgIpc) is 3.23. The summed E-state index contributed by atoms with van der Waals surface area (Å²) in [6.45, 7) is 0.916. The van der Waals surface area contributed by atoms with E-state index in [-0.39, 0.29) is 42.7 Å². The van der Waals surface area contributed by atoms with Crippen LogP contribution in [0, 0.1) is 0 Å². The molecule has 30 heavy (non-hydrogen) atoms. The largest absolute Gasteiger partial charge is 0.451 e. The Labute approximate surface area is 184 Å². The standard InChI is InChI=1S/C21H18Cl2N2O4S/c22-15-4-3-5-16(14-15)30(27,28)25-12-10-24(11-13-25)21(26)20-9-8-19(29-20)17-6-1-2-7-18(17)23/h1-9,14H,10-13H2. The molecule has 156 valence electrons. The van der Waals surface area contributed by atoms with E-state index in [9.17, 15) is 13.2 Å². The van der Waals surface area contributed by atoms with E-state index in [0.717, 1.165) is 0 Å². The Kier molecular flexibility index (Phi) is 5.88. The summed E-state index contributed by atoms with van der Waals surface area (Å²) >= 11 is 12.1. The lowest BCUT2D eigenvalue weighted by molar-refractivity contribution is 0.0667. The molecule has 0 spiro atoms. The molecule has 0 saturated carbocycles. The van der Waals surface area contributed by atoms with E-state index >= 15 is 0 Å². The number of benzene rings is 2. The Hall–Kier alpha value is -2.32. The second-order valence-corrected chi connectivity index (χ2v) is 9.58. The van der Waals surface area contributed by atoms with Crippen LogP contribution in [-0.2, 0) is 10.0 Å². The molecule has 0 radical (unpaired) electrons. The number of piperazine rings is 1. The van der Waals surface area contributed by atoms with Crippen LogP contribution in [0.5, 0.6) is 0 Å². The molecule has 9 heteroatoms. The highest BCUT2D eigenvalue weighted by molar-refractivity contribution is 7.89. The number of carbonyl (C=O) groups is 1. The fourth-order valence-electron chi connectivity index (χ4n) is 3.32. The molecule has 0 N–H and O–H groups in total. The molecule has 4 rings (SSSR count). The zero-order valence-electron chi connectivity index (χ0n) is 15.8. The van der Waals surface area contributed by atoms with Crippen molar-refractivity contribution in [3.05, 3.63) is 76.5 Å². The molecular weight excluding hydrogens is 447 g/mol. The maximum absolute atomic E-state index is 12.8. The highest BCUT2D eigenvalue weighted by Crippen LogP contribution is 2.29. The van der Waals surface area contributed by atoms with E-state index in [4.69, 9.17) is 27.6 Å². The van der Waals surface area contributed by atoms with Gasteiger partial charge in [0.05, 0.1) is 9.92 Å². The van der Waals surface area contributed by atoms with Crippen LogP contribution in [0.2, 0.25) is 10.0 Å². The number of carbonyl (C=O) groups excluding carboxylic acids is 1. The minimum Gasteiger partial charge on any atom is -0.451 e. The Morgan fingerprint density at radius 2 is 1.63 bits per heavy atom. The fourth-order valence-corrected chi connectivity index (χ4v) is 5.27. The molecule has 1 aliphatic rings. The lowest BCUT2D eigenvalue weighted by atomic mass is 10.2. The molecule has 3 aromatic rings. The Morgan fingerprint density at radius 3 is 2.33 bits per heavy atom. The Balaban J connectivity index is 1.45. The number of hydrogen-bond donors (Lipinski definition) is 0. The fraction of sp³-hybridized carbons (Fsp3) is 0.190. The van der Waals surface area contributed by atoms with Crippen molar-refractivity contribution in [1.29, 1.82) is 0 Å². The molecule has 0 aliphatic carbocycles. The van der Waals surface area contributed by atoms with Gasteiger partial charge in [0, 0.05) is 36.8 Å². The average molecular weight is 465 g/mol.